The Morgan fingerprint density at radius 3 is 3.12 bits per heavy atom. The topological polar surface area (TPSA) is 42.4 Å². The Balaban J connectivity index is 1.77. The maximum atomic E-state index is 11.3. The molecule has 1 aromatic heterocycles. The fourth-order valence-electron chi connectivity index (χ4n) is 1.69. The summed E-state index contributed by atoms with van der Waals surface area (Å²) in [6.45, 7) is 1.98. The van der Waals surface area contributed by atoms with Crippen LogP contribution in [0.1, 0.15) is 12.8 Å². The molecular weight excluding hydrogens is 228 g/mol. The van der Waals surface area contributed by atoms with E-state index in [0.29, 0.717) is 30.5 Å². The minimum absolute atomic E-state index is 0.219. The number of aromatic nitrogens is 1. The summed E-state index contributed by atoms with van der Waals surface area (Å²) in [7, 11) is 0. The van der Waals surface area contributed by atoms with Crippen molar-refractivity contribution in [2.24, 2.45) is 0 Å². The monoisotopic (exact) mass is 240 g/mol. The molecule has 0 aromatic carbocycles. The van der Waals surface area contributed by atoms with Gasteiger partial charge in [0.05, 0.1) is 6.54 Å². The van der Waals surface area contributed by atoms with Gasteiger partial charge in [0.25, 0.3) is 0 Å². The highest BCUT2D eigenvalue weighted by molar-refractivity contribution is 6.29. The molecule has 0 atom stereocenters. The van der Waals surface area contributed by atoms with Crippen LogP contribution >= 0.6 is 11.6 Å². The molecule has 1 aromatic rings. The molecule has 5 heteroatoms. The predicted molar refractivity (Wildman–Crippen MR) is 60.6 cm³/mol. The first-order chi connectivity index (χ1) is 7.75. The molecule has 86 valence electrons. The van der Waals surface area contributed by atoms with Gasteiger partial charge >= 0.3 is 0 Å². The van der Waals surface area contributed by atoms with Crippen LogP contribution in [0.3, 0.4) is 0 Å². The molecule has 1 saturated heterocycles. The maximum absolute atomic E-state index is 11.3. The third kappa shape index (κ3) is 2.85. The van der Waals surface area contributed by atoms with Gasteiger partial charge in [-0.3, -0.25) is 4.79 Å². The van der Waals surface area contributed by atoms with Crippen LogP contribution in [0.25, 0.3) is 0 Å². The lowest BCUT2D eigenvalue weighted by Crippen LogP contribution is -2.29. The highest BCUT2D eigenvalue weighted by Crippen LogP contribution is 2.15. The van der Waals surface area contributed by atoms with Crippen LogP contribution < -0.4 is 4.74 Å². The van der Waals surface area contributed by atoms with Crippen LogP contribution in [0.5, 0.6) is 5.75 Å². The van der Waals surface area contributed by atoms with Gasteiger partial charge < -0.3 is 9.64 Å². The third-order valence-corrected chi connectivity index (χ3v) is 2.71. The second kappa shape index (κ2) is 5.16. The summed E-state index contributed by atoms with van der Waals surface area (Å²) in [6.07, 6.45) is 3.22. The first-order valence-corrected chi connectivity index (χ1v) is 5.65. The summed E-state index contributed by atoms with van der Waals surface area (Å²) in [5, 5.41) is 0.412. The second-order valence-corrected chi connectivity index (χ2v) is 4.03. The van der Waals surface area contributed by atoms with Crippen molar-refractivity contribution in [3.8, 4) is 5.75 Å². The number of rotatable bonds is 4. The van der Waals surface area contributed by atoms with E-state index in [1.54, 1.807) is 18.3 Å². The number of hydrogen-bond donors (Lipinski definition) is 0. The highest BCUT2D eigenvalue weighted by Gasteiger charge is 2.19. The Kier molecular flexibility index (Phi) is 3.62. The smallest absolute Gasteiger partial charge is 0.222 e. The minimum Gasteiger partial charge on any atom is -0.492 e. The van der Waals surface area contributed by atoms with Crippen molar-refractivity contribution in [1.29, 1.82) is 0 Å². The Labute approximate surface area is 99.2 Å². The van der Waals surface area contributed by atoms with E-state index in [9.17, 15) is 4.79 Å². The number of ether oxygens (including phenoxy) is 1. The molecule has 2 heterocycles. The van der Waals surface area contributed by atoms with Crippen molar-refractivity contribution in [3.05, 3.63) is 23.5 Å². The number of carbonyl (C=O) groups is 1. The summed E-state index contributed by atoms with van der Waals surface area (Å²) in [5.41, 5.74) is 0. The molecule has 4 nitrogen and oxygen atoms in total. The van der Waals surface area contributed by atoms with E-state index in [1.165, 1.54) is 0 Å². The molecule has 0 aliphatic carbocycles. The molecule has 0 unspecified atom stereocenters. The van der Waals surface area contributed by atoms with Gasteiger partial charge in [-0.2, -0.15) is 0 Å². The van der Waals surface area contributed by atoms with E-state index in [1.807, 2.05) is 4.90 Å². The van der Waals surface area contributed by atoms with E-state index in [-0.39, 0.29) is 5.91 Å². The molecule has 1 fully saturated rings. The number of likely N-dealkylation sites (tertiary alicyclic amines) is 1. The quantitative estimate of drug-likeness (QED) is 0.753. The number of hydrogen-bond acceptors (Lipinski definition) is 3. The van der Waals surface area contributed by atoms with Gasteiger partial charge in [-0.25, -0.2) is 4.98 Å². The summed E-state index contributed by atoms with van der Waals surface area (Å²) >= 11 is 5.72. The third-order valence-electron chi connectivity index (χ3n) is 2.50. The molecule has 0 spiro atoms. The van der Waals surface area contributed by atoms with Crippen molar-refractivity contribution in [2.45, 2.75) is 12.8 Å². The predicted octanol–water partition coefficient (Wildman–Crippen LogP) is 1.74. The molecule has 0 radical (unpaired) electrons. The van der Waals surface area contributed by atoms with Gasteiger partial charge in [0.1, 0.15) is 17.5 Å². The fraction of sp³-hybridized carbons (Fsp3) is 0.455. The van der Waals surface area contributed by atoms with Gasteiger partial charge in [-0.05, 0) is 12.5 Å². The van der Waals surface area contributed by atoms with Crippen LogP contribution in [0.2, 0.25) is 5.15 Å². The first kappa shape index (κ1) is 11.2. The standard InChI is InChI=1S/C11H13ClN2O2/c12-10-8-9(3-4-13-10)16-7-6-14-5-1-2-11(14)15/h3-4,8H,1-2,5-7H2. The van der Waals surface area contributed by atoms with Crippen LogP contribution in [0.15, 0.2) is 18.3 Å². The number of amides is 1. The van der Waals surface area contributed by atoms with E-state index >= 15 is 0 Å². The van der Waals surface area contributed by atoms with Crippen molar-refractivity contribution in [1.82, 2.24) is 9.88 Å². The van der Waals surface area contributed by atoms with Gasteiger partial charge in [0, 0.05) is 25.2 Å². The normalized spacial score (nSPS) is 15.6. The van der Waals surface area contributed by atoms with E-state index in [0.717, 1.165) is 13.0 Å². The van der Waals surface area contributed by atoms with Gasteiger partial charge in [-0.15, -0.1) is 0 Å². The summed E-state index contributed by atoms with van der Waals surface area (Å²) < 4.78 is 5.48. The minimum atomic E-state index is 0.219. The Bertz CT molecular complexity index is 384. The van der Waals surface area contributed by atoms with E-state index < -0.39 is 0 Å². The number of halogens is 1. The average Bonchev–Trinajstić information content (AvgIpc) is 2.65. The molecule has 16 heavy (non-hydrogen) atoms. The summed E-state index contributed by atoms with van der Waals surface area (Å²) in [6, 6.07) is 3.41. The van der Waals surface area contributed by atoms with Gasteiger partial charge in [-0.1, -0.05) is 11.6 Å². The Morgan fingerprint density at radius 2 is 2.44 bits per heavy atom. The van der Waals surface area contributed by atoms with Crippen molar-refractivity contribution in [2.75, 3.05) is 19.7 Å². The maximum Gasteiger partial charge on any atom is 0.222 e. The van der Waals surface area contributed by atoms with E-state index in [2.05, 4.69) is 4.98 Å². The summed E-state index contributed by atoms with van der Waals surface area (Å²) in [5.74, 6) is 0.906. The zero-order valence-electron chi connectivity index (χ0n) is 8.86. The van der Waals surface area contributed by atoms with Crippen LogP contribution in [0, 0.1) is 0 Å². The fourth-order valence-corrected chi connectivity index (χ4v) is 1.85. The summed E-state index contributed by atoms with van der Waals surface area (Å²) in [4.78, 5) is 17.0. The molecular formula is C11H13ClN2O2. The lowest BCUT2D eigenvalue weighted by Gasteiger charge is -2.15. The highest BCUT2D eigenvalue weighted by atomic mass is 35.5. The Hall–Kier alpha value is -1.29. The Morgan fingerprint density at radius 1 is 1.56 bits per heavy atom. The largest absolute Gasteiger partial charge is 0.492 e. The van der Waals surface area contributed by atoms with Crippen LogP contribution in [-0.4, -0.2) is 35.5 Å². The lowest BCUT2D eigenvalue weighted by atomic mass is 10.4. The van der Waals surface area contributed by atoms with Crippen molar-refractivity contribution >= 4 is 17.5 Å². The molecule has 0 saturated carbocycles. The molecule has 0 bridgehead atoms. The lowest BCUT2D eigenvalue weighted by molar-refractivity contribution is -0.128. The molecule has 1 aliphatic rings. The zero-order chi connectivity index (χ0) is 11.4. The number of pyridine rings is 1. The van der Waals surface area contributed by atoms with Crippen molar-refractivity contribution in [3.63, 3.8) is 0 Å². The van der Waals surface area contributed by atoms with Crippen LogP contribution in [0.4, 0.5) is 0 Å². The molecule has 1 amide bonds. The van der Waals surface area contributed by atoms with E-state index in [4.69, 9.17) is 16.3 Å². The molecule has 2 rings (SSSR count). The zero-order valence-corrected chi connectivity index (χ0v) is 9.61. The van der Waals surface area contributed by atoms with Crippen molar-refractivity contribution < 1.29 is 9.53 Å². The van der Waals surface area contributed by atoms with Crippen LogP contribution in [-0.2, 0) is 4.79 Å². The first-order valence-electron chi connectivity index (χ1n) is 5.28. The number of nitrogens with zero attached hydrogens (tertiary/aromatic N) is 2. The average molecular weight is 241 g/mol. The SMILES string of the molecule is O=C1CCCN1CCOc1ccnc(Cl)c1. The molecule has 1 aliphatic heterocycles. The number of carbonyl (C=O) groups excluding carboxylic acids is 1. The molecule has 0 N–H and O–H groups in total. The van der Waals surface area contributed by atoms with Gasteiger partial charge in [0.15, 0.2) is 0 Å². The van der Waals surface area contributed by atoms with Gasteiger partial charge in [0.2, 0.25) is 5.91 Å². The second-order valence-electron chi connectivity index (χ2n) is 3.65.